The number of unbranched alkanes of at least 4 members (excludes halogenated alkanes) is 2. The van der Waals surface area contributed by atoms with Gasteiger partial charge in [0.25, 0.3) is 0 Å². The second-order valence-electron chi connectivity index (χ2n) is 9.24. The molecule has 0 radical (unpaired) electrons. The zero-order valence-corrected chi connectivity index (χ0v) is 22.2. The number of nitrogens with one attached hydrogen (secondary N) is 1. The first-order valence-electron chi connectivity index (χ1n) is 13.2. The molecular weight excluding hydrogens is 468 g/mol. The van der Waals surface area contributed by atoms with Gasteiger partial charge in [-0.2, -0.15) is 0 Å². The van der Waals surface area contributed by atoms with E-state index >= 15 is 0 Å². The number of aliphatic hydroxyl groups excluding tert-OH is 2. The Morgan fingerprint density at radius 3 is 2.22 bits per heavy atom. The van der Waals surface area contributed by atoms with Crippen LogP contribution in [0.1, 0.15) is 74.9 Å². The molecule has 2 aromatic heterocycles. The molecule has 0 fully saturated rings. The van der Waals surface area contributed by atoms with Crippen LogP contribution in [-0.4, -0.2) is 62.0 Å². The molecule has 0 saturated heterocycles. The lowest BCUT2D eigenvalue weighted by atomic mass is 10.1. The molecule has 0 aliphatic heterocycles. The number of fused-ring (bicyclic) bond motifs is 2. The van der Waals surface area contributed by atoms with Gasteiger partial charge < -0.3 is 32.7 Å². The van der Waals surface area contributed by atoms with Gasteiger partial charge in [-0.25, -0.2) is 19.9 Å². The lowest BCUT2D eigenvalue weighted by Gasteiger charge is -2.16. The molecular formula is C27H44N8O2. The van der Waals surface area contributed by atoms with Crippen LogP contribution in [0.3, 0.4) is 0 Å². The Morgan fingerprint density at radius 1 is 0.892 bits per heavy atom. The molecule has 2 aliphatic rings. The first-order valence-corrected chi connectivity index (χ1v) is 13.2. The molecule has 0 bridgehead atoms. The molecule has 2 aromatic rings. The standard InChI is InChI=1S/C14H22N4O.C7H7N3.C6H15NO/c1-2-3-4-11(8-19)16-7-10-5-6-12-13(10)17-9-18-14(12)15;8-7-5-2-1-3-6(5)9-4-10-7;1-2-3-4-6(7)5-8/h5,9,11,16,19H,2-4,6-8H2,1H3,(H2,15,17,18);1,3-4H,2H2,(H2,8,9,10);6,8H,2-5,7H2,1H3/t11-;;6-/m1.1/s1. The number of nitrogens with two attached hydrogens (primary N) is 3. The van der Waals surface area contributed by atoms with Gasteiger partial charge in [0.2, 0.25) is 0 Å². The van der Waals surface area contributed by atoms with Crippen molar-refractivity contribution in [3.63, 3.8) is 0 Å². The molecule has 10 nitrogen and oxygen atoms in total. The van der Waals surface area contributed by atoms with E-state index in [-0.39, 0.29) is 25.3 Å². The van der Waals surface area contributed by atoms with Crippen LogP contribution in [0.4, 0.5) is 11.6 Å². The van der Waals surface area contributed by atoms with Gasteiger partial charge in [0.15, 0.2) is 0 Å². The number of aromatic nitrogens is 4. The number of nitrogens with zero attached hydrogens (tertiary/aromatic N) is 4. The van der Waals surface area contributed by atoms with E-state index in [9.17, 15) is 5.11 Å². The lowest BCUT2D eigenvalue weighted by Crippen LogP contribution is -2.33. The summed E-state index contributed by atoms with van der Waals surface area (Å²) in [5.41, 5.74) is 22.0. The van der Waals surface area contributed by atoms with Gasteiger partial charge in [0.1, 0.15) is 24.3 Å². The second kappa shape index (κ2) is 16.8. The summed E-state index contributed by atoms with van der Waals surface area (Å²) in [4.78, 5) is 16.2. The number of anilines is 2. The zero-order valence-electron chi connectivity index (χ0n) is 22.2. The number of rotatable bonds is 11. The van der Waals surface area contributed by atoms with Crippen molar-refractivity contribution in [1.29, 1.82) is 0 Å². The number of hydrogen-bond acceptors (Lipinski definition) is 10. The molecule has 4 rings (SSSR count). The van der Waals surface area contributed by atoms with Gasteiger partial charge in [-0.1, -0.05) is 51.7 Å². The van der Waals surface area contributed by atoms with Gasteiger partial charge in [0.05, 0.1) is 24.6 Å². The summed E-state index contributed by atoms with van der Waals surface area (Å²) in [5.74, 6) is 1.18. The molecule has 37 heavy (non-hydrogen) atoms. The van der Waals surface area contributed by atoms with Crippen molar-refractivity contribution in [1.82, 2.24) is 25.3 Å². The third-order valence-corrected chi connectivity index (χ3v) is 6.32. The van der Waals surface area contributed by atoms with Gasteiger partial charge >= 0.3 is 0 Å². The van der Waals surface area contributed by atoms with Crippen LogP contribution in [0.5, 0.6) is 0 Å². The molecule has 2 heterocycles. The molecule has 9 N–H and O–H groups in total. The molecule has 0 aromatic carbocycles. The zero-order chi connectivity index (χ0) is 27.0. The Kier molecular flexibility index (Phi) is 13.7. The van der Waals surface area contributed by atoms with E-state index in [1.165, 1.54) is 12.7 Å². The highest BCUT2D eigenvalue weighted by Crippen LogP contribution is 2.27. The van der Waals surface area contributed by atoms with E-state index in [1.54, 1.807) is 0 Å². The molecule has 0 unspecified atom stereocenters. The molecule has 10 heteroatoms. The Morgan fingerprint density at radius 2 is 1.57 bits per heavy atom. The van der Waals surface area contributed by atoms with Crippen LogP contribution >= 0.6 is 0 Å². The summed E-state index contributed by atoms with van der Waals surface area (Å²) in [5, 5.41) is 21.2. The summed E-state index contributed by atoms with van der Waals surface area (Å²) in [6.45, 7) is 5.29. The number of aliphatic hydroxyl groups is 2. The van der Waals surface area contributed by atoms with E-state index in [1.807, 2.05) is 12.2 Å². The maximum absolute atomic E-state index is 9.34. The fourth-order valence-corrected chi connectivity index (χ4v) is 3.98. The minimum Gasteiger partial charge on any atom is -0.395 e. The second-order valence-corrected chi connectivity index (χ2v) is 9.24. The van der Waals surface area contributed by atoms with E-state index in [0.29, 0.717) is 11.6 Å². The summed E-state index contributed by atoms with van der Waals surface area (Å²) in [7, 11) is 0. The quantitative estimate of drug-likeness (QED) is 0.261. The Balaban J connectivity index is 0.000000223. The summed E-state index contributed by atoms with van der Waals surface area (Å²) in [6, 6.07) is 0.166. The summed E-state index contributed by atoms with van der Waals surface area (Å²) >= 11 is 0. The predicted octanol–water partition coefficient (Wildman–Crippen LogP) is 2.26. The average Bonchev–Trinajstić information content (AvgIpc) is 3.57. The molecule has 0 saturated carbocycles. The van der Waals surface area contributed by atoms with Crippen LogP contribution in [0.2, 0.25) is 0 Å². The SMILES string of the molecule is CCCC[C@@H](N)CO.CCCC[C@H](CO)NCC1=CCc2c(N)ncnc21.Nc1ncnc2c1CC=C2. The third kappa shape index (κ3) is 9.81. The summed E-state index contributed by atoms with van der Waals surface area (Å²) < 4.78 is 0. The minimum absolute atomic E-state index is 0.00921. The first kappa shape index (κ1) is 30.3. The van der Waals surface area contributed by atoms with Gasteiger partial charge in [-0.15, -0.1) is 0 Å². The fraction of sp³-hybridized carbons (Fsp3) is 0.556. The number of nitrogen functional groups attached to an aromatic ring is 2. The van der Waals surface area contributed by atoms with Gasteiger partial charge in [-0.3, -0.25) is 0 Å². The maximum Gasteiger partial charge on any atom is 0.130 e. The molecule has 204 valence electrons. The maximum atomic E-state index is 9.34. The van der Waals surface area contributed by atoms with Gasteiger partial charge in [-0.05, 0) is 37.3 Å². The lowest BCUT2D eigenvalue weighted by molar-refractivity contribution is 0.237. The smallest absolute Gasteiger partial charge is 0.130 e. The van der Waals surface area contributed by atoms with E-state index in [0.717, 1.165) is 86.0 Å². The van der Waals surface area contributed by atoms with E-state index < -0.39 is 0 Å². The number of allylic oxidation sites excluding steroid dienone is 2. The van der Waals surface area contributed by atoms with Crippen molar-refractivity contribution in [3.05, 3.63) is 47.3 Å². The van der Waals surface area contributed by atoms with Crippen molar-refractivity contribution in [2.24, 2.45) is 5.73 Å². The Labute approximate surface area is 220 Å². The van der Waals surface area contributed by atoms with E-state index in [2.05, 4.69) is 45.2 Å². The van der Waals surface area contributed by atoms with Crippen LogP contribution in [0.15, 0.2) is 24.8 Å². The predicted molar refractivity (Wildman–Crippen MR) is 150 cm³/mol. The van der Waals surface area contributed by atoms with E-state index in [4.69, 9.17) is 22.3 Å². The topological polar surface area (TPSA) is 182 Å². The molecule has 2 aliphatic carbocycles. The van der Waals surface area contributed by atoms with Crippen molar-refractivity contribution >= 4 is 23.3 Å². The highest BCUT2D eigenvalue weighted by molar-refractivity contribution is 5.74. The van der Waals surface area contributed by atoms with Crippen molar-refractivity contribution < 1.29 is 10.2 Å². The minimum atomic E-state index is 0.00921. The molecule has 0 spiro atoms. The molecule has 2 atom stereocenters. The monoisotopic (exact) mass is 512 g/mol. The van der Waals surface area contributed by atoms with Crippen LogP contribution in [0.25, 0.3) is 11.6 Å². The average molecular weight is 513 g/mol. The first-order chi connectivity index (χ1) is 17.9. The normalized spacial score (nSPS) is 14.5. The Hall–Kier alpha value is -2.92. The summed E-state index contributed by atoms with van der Waals surface area (Å²) in [6.07, 6.45) is 17.3. The van der Waals surface area contributed by atoms with Crippen molar-refractivity contribution in [2.45, 2.75) is 77.3 Å². The van der Waals surface area contributed by atoms with Crippen LogP contribution in [-0.2, 0) is 12.8 Å². The Bertz CT molecular complexity index is 1010. The van der Waals surface area contributed by atoms with Crippen molar-refractivity contribution in [2.75, 3.05) is 31.2 Å². The van der Waals surface area contributed by atoms with Crippen LogP contribution < -0.4 is 22.5 Å². The highest BCUT2D eigenvalue weighted by atomic mass is 16.3. The molecule has 0 amide bonds. The number of hydrogen-bond donors (Lipinski definition) is 6. The third-order valence-electron chi connectivity index (χ3n) is 6.32. The van der Waals surface area contributed by atoms with Crippen molar-refractivity contribution in [3.8, 4) is 0 Å². The fourth-order valence-electron chi connectivity index (χ4n) is 3.98. The van der Waals surface area contributed by atoms with Gasteiger partial charge in [0, 0.05) is 29.8 Å². The van der Waals surface area contributed by atoms with Crippen LogP contribution in [0, 0.1) is 0 Å². The largest absolute Gasteiger partial charge is 0.395 e. The highest BCUT2D eigenvalue weighted by Gasteiger charge is 2.19.